The Labute approximate surface area is 134 Å². The Morgan fingerprint density at radius 2 is 1.95 bits per heavy atom. The van der Waals surface area contributed by atoms with Crippen molar-refractivity contribution < 1.29 is 0 Å². The Morgan fingerprint density at radius 1 is 1.25 bits per heavy atom. The molecule has 2 nitrogen and oxygen atoms in total. The Balaban J connectivity index is 2.12. The monoisotopic (exact) mass is 354 g/mol. The van der Waals surface area contributed by atoms with Crippen LogP contribution in [0.2, 0.25) is 0 Å². The fourth-order valence-electron chi connectivity index (χ4n) is 2.44. The number of aryl methyl sites for hydroxylation is 2. The van der Waals surface area contributed by atoms with Gasteiger partial charge in [-0.1, -0.05) is 37.3 Å². The van der Waals surface area contributed by atoms with E-state index in [4.69, 9.17) is 11.6 Å². The Kier molecular flexibility index (Phi) is 5.67. The lowest BCUT2D eigenvalue weighted by Crippen LogP contribution is -2.13. The molecule has 0 aliphatic rings. The fraction of sp³-hybridized carbons (Fsp3) is 0.438. The number of hydrogen-bond acceptors (Lipinski definition) is 1. The molecule has 0 fully saturated rings. The van der Waals surface area contributed by atoms with Crippen LogP contribution in [0, 0.1) is 5.92 Å². The van der Waals surface area contributed by atoms with Gasteiger partial charge in [-0.3, -0.25) is 4.68 Å². The first kappa shape index (κ1) is 15.6. The van der Waals surface area contributed by atoms with Crippen LogP contribution in [0.4, 0.5) is 0 Å². The van der Waals surface area contributed by atoms with Crippen molar-refractivity contribution in [2.24, 2.45) is 13.0 Å². The first-order chi connectivity index (χ1) is 9.65. The molecule has 0 aliphatic carbocycles. The number of benzene rings is 1. The van der Waals surface area contributed by atoms with Gasteiger partial charge in [0.2, 0.25) is 0 Å². The van der Waals surface area contributed by atoms with Gasteiger partial charge >= 0.3 is 0 Å². The van der Waals surface area contributed by atoms with Crippen molar-refractivity contribution in [2.75, 3.05) is 5.88 Å². The van der Waals surface area contributed by atoms with E-state index in [0.717, 1.165) is 29.4 Å². The van der Waals surface area contributed by atoms with Crippen LogP contribution in [-0.4, -0.2) is 15.7 Å². The second kappa shape index (κ2) is 7.28. The maximum Gasteiger partial charge on any atom is 0.0766 e. The van der Waals surface area contributed by atoms with E-state index in [0.29, 0.717) is 11.8 Å². The van der Waals surface area contributed by atoms with E-state index >= 15 is 0 Å². The molecule has 1 atom stereocenters. The summed E-state index contributed by atoms with van der Waals surface area (Å²) in [6.07, 6.45) is 2.89. The van der Waals surface area contributed by atoms with Gasteiger partial charge in [0.15, 0.2) is 0 Å². The topological polar surface area (TPSA) is 17.8 Å². The molecule has 1 unspecified atom stereocenters. The minimum absolute atomic E-state index is 0.426. The molecule has 0 spiro atoms. The first-order valence-electron chi connectivity index (χ1n) is 6.95. The van der Waals surface area contributed by atoms with Gasteiger partial charge in [0.25, 0.3) is 0 Å². The van der Waals surface area contributed by atoms with Crippen LogP contribution in [0.25, 0.3) is 0 Å². The largest absolute Gasteiger partial charge is 0.271 e. The molecule has 0 N–H and O–H groups in total. The summed E-state index contributed by atoms with van der Waals surface area (Å²) in [5.41, 5.74) is 3.70. The predicted molar refractivity (Wildman–Crippen MR) is 88.3 cm³/mol. The van der Waals surface area contributed by atoms with Crippen molar-refractivity contribution in [1.29, 1.82) is 0 Å². The zero-order chi connectivity index (χ0) is 14.5. The molecular weight excluding hydrogens is 336 g/mol. The number of hydrogen-bond donors (Lipinski definition) is 0. The molecule has 108 valence electrons. The zero-order valence-electron chi connectivity index (χ0n) is 11.9. The average molecular weight is 356 g/mol. The van der Waals surface area contributed by atoms with Gasteiger partial charge in [-0.2, -0.15) is 5.10 Å². The molecule has 20 heavy (non-hydrogen) atoms. The molecule has 0 saturated heterocycles. The van der Waals surface area contributed by atoms with Gasteiger partial charge in [-0.15, -0.1) is 11.6 Å². The van der Waals surface area contributed by atoms with Crippen LogP contribution in [0.3, 0.4) is 0 Å². The predicted octanol–water partition coefficient (Wildman–Crippen LogP) is 4.39. The van der Waals surface area contributed by atoms with Crippen LogP contribution < -0.4 is 0 Å². The summed E-state index contributed by atoms with van der Waals surface area (Å²) < 4.78 is 3.12. The Bertz CT molecular complexity index is 551. The maximum atomic E-state index is 6.17. The highest BCUT2D eigenvalue weighted by atomic mass is 79.9. The summed E-state index contributed by atoms with van der Waals surface area (Å²) >= 11 is 9.85. The van der Waals surface area contributed by atoms with Gasteiger partial charge in [-0.25, -0.2) is 0 Å². The molecule has 1 aromatic heterocycles. The minimum atomic E-state index is 0.426. The Morgan fingerprint density at radius 3 is 2.50 bits per heavy atom. The first-order valence-corrected chi connectivity index (χ1v) is 8.28. The highest BCUT2D eigenvalue weighted by molar-refractivity contribution is 9.10. The molecule has 1 heterocycles. The SMILES string of the molecule is CCc1nn(C)c(CC(CCl)Cc2ccccc2)c1Br. The van der Waals surface area contributed by atoms with Crippen molar-refractivity contribution >= 4 is 27.5 Å². The summed E-state index contributed by atoms with van der Waals surface area (Å²) in [6.45, 7) is 2.12. The van der Waals surface area contributed by atoms with E-state index in [1.165, 1.54) is 11.3 Å². The number of rotatable bonds is 6. The molecule has 0 amide bonds. The molecule has 2 aromatic rings. The van der Waals surface area contributed by atoms with E-state index in [1.807, 2.05) is 17.8 Å². The fourth-order valence-corrected chi connectivity index (χ4v) is 3.44. The minimum Gasteiger partial charge on any atom is -0.271 e. The zero-order valence-corrected chi connectivity index (χ0v) is 14.3. The normalized spacial score (nSPS) is 12.6. The maximum absolute atomic E-state index is 6.17. The molecule has 2 rings (SSSR count). The van der Waals surface area contributed by atoms with Crippen molar-refractivity contribution in [2.45, 2.75) is 26.2 Å². The van der Waals surface area contributed by atoms with Gasteiger partial charge < -0.3 is 0 Å². The molecule has 0 aliphatic heterocycles. The standard InChI is InChI=1S/C16H20BrClN2/c1-3-14-16(17)15(20(2)19-14)10-13(11-18)9-12-7-5-4-6-8-12/h4-8,13H,3,9-11H2,1-2H3. The van der Waals surface area contributed by atoms with E-state index in [2.05, 4.69) is 52.2 Å². The third-order valence-corrected chi connectivity index (χ3v) is 4.92. The van der Waals surface area contributed by atoms with Crippen molar-refractivity contribution in [3.8, 4) is 0 Å². The highest BCUT2D eigenvalue weighted by Gasteiger charge is 2.17. The average Bonchev–Trinajstić information content (AvgIpc) is 2.74. The third kappa shape index (κ3) is 3.64. The van der Waals surface area contributed by atoms with Crippen molar-refractivity contribution in [3.63, 3.8) is 0 Å². The number of nitrogens with zero attached hydrogens (tertiary/aromatic N) is 2. The van der Waals surface area contributed by atoms with Gasteiger partial charge in [0, 0.05) is 12.9 Å². The second-order valence-electron chi connectivity index (χ2n) is 5.10. The summed E-state index contributed by atoms with van der Waals surface area (Å²) in [5.74, 6) is 1.09. The van der Waals surface area contributed by atoms with Crippen LogP contribution in [-0.2, 0) is 26.3 Å². The van der Waals surface area contributed by atoms with E-state index in [-0.39, 0.29) is 0 Å². The number of halogens is 2. The smallest absolute Gasteiger partial charge is 0.0766 e. The molecule has 0 radical (unpaired) electrons. The molecular formula is C16H20BrClN2. The van der Waals surface area contributed by atoms with Gasteiger partial charge in [-0.05, 0) is 46.7 Å². The summed E-state index contributed by atoms with van der Waals surface area (Å²) in [4.78, 5) is 0. The second-order valence-corrected chi connectivity index (χ2v) is 6.20. The van der Waals surface area contributed by atoms with Gasteiger partial charge in [0.05, 0.1) is 15.9 Å². The lowest BCUT2D eigenvalue weighted by Gasteiger charge is -2.14. The van der Waals surface area contributed by atoms with Crippen molar-refractivity contribution in [1.82, 2.24) is 9.78 Å². The molecule has 1 aromatic carbocycles. The quantitative estimate of drug-likeness (QED) is 0.703. The van der Waals surface area contributed by atoms with Gasteiger partial charge in [0.1, 0.15) is 0 Å². The van der Waals surface area contributed by atoms with Crippen LogP contribution in [0.5, 0.6) is 0 Å². The third-order valence-electron chi connectivity index (χ3n) is 3.57. The highest BCUT2D eigenvalue weighted by Crippen LogP contribution is 2.25. The summed E-state index contributed by atoms with van der Waals surface area (Å²) in [6, 6.07) is 10.5. The molecule has 0 bridgehead atoms. The summed E-state index contributed by atoms with van der Waals surface area (Å²) in [7, 11) is 2.01. The lowest BCUT2D eigenvalue weighted by molar-refractivity contribution is 0.550. The number of aromatic nitrogens is 2. The van der Waals surface area contributed by atoms with E-state index in [1.54, 1.807) is 0 Å². The Hall–Kier alpha value is -0.800. The van der Waals surface area contributed by atoms with Crippen LogP contribution >= 0.6 is 27.5 Å². The van der Waals surface area contributed by atoms with Crippen LogP contribution in [0.1, 0.15) is 23.9 Å². The van der Waals surface area contributed by atoms with E-state index < -0.39 is 0 Å². The van der Waals surface area contributed by atoms with Crippen LogP contribution in [0.15, 0.2) is 34.8 Å². The van der Waals surface area contributed by atoms with E-state index in [9.17, 15) is 0 Å². The number of alkyl halides is 1. The lowest BCUT2D eigenvalue weighted by atomic mass is 9.96. The molecule has 4 heteroatoms. The summed E-state index contributed by atoms with van der Waals surface area (Å²) in [5, 5.41) is 4.55. The van der Waals surface area contributed by atoms with Crippen molar-refractivity contribution in [3.05, 3.63) is 51.8 Å². The molecule has 0 saturated carbocycles.